The van der Waals surface area contributed by atoms with Crippen molar-refractivity contribution in [1.29, 1.82) is 0 Å². The van der Waals surface area contributed by atoms with E-state index in [0.717, 1.165) is 11.3 Å². The summed E-state index contributed by atoms with van der Waals surface area (Å²) in [6, 6.07) is 7.64. The zero-order chi connectivity index (χ0) is 16.9. The lowest BCUT2D eigenvalue weighted by Gasteiger charge is -2.07. The Morgan fingerprint density at radius 3 is 2.74 bits per heavy atom. The average molecular weight is 356 g/mol. The average Bonchev–Trinajstić information content (AvgIpc) is 3.03. The molecule has 8 heteroatoms. The summed E-state index contributed by atoms with van der Waals surface area (Å²) in [5, 5.41) is 4.26. The first-order valence-electron chi connectivity index (χ1n) is 6.97. The molecule has 0 unspecified atom stereocenters. The van der Waals surface area contributed by atoms with E-state index in [0.29, 0.717) is 17.7 Å². The van der Waals surface area contributed by atoms with Gasteiger partial charge in [0.25, 0.3) is 0 Å². The first kappa shape index (κ1) is 17.6. The lowest BCUT2D eigenvalue weighted by Crippen LogP contribution is -2.25. The fourth-order valence-corrected chi connectivity index (χ4v) is 3.95. The van der Waals surface area contributed by atoms with Crippen molar-refractivity contribution in [3.8, 4) is 0 Å². The third-order valence-electron chi connectivity index (χ3n) is 3.09. The molecule has 0 aliphatic rings. The smallest absolute Gasteiger partial charge is 0.250 e. The number of sulfonamides is 1. The van der Waals surface area contributed by atoms with E-state index >= 15 is 0 Å². The highest BCUT2D eigenvalue weighted by Gasteiger charge is 2.14. The van der Waals surface area contributed by atoms with E-state index in [1.807, 2.05) is 0 Å². The van der Waals surface area contributed by atoms with Gasteiger partial charge in [-0.1, -0.05) is 12.1 Å². The molecule has 1 heterocycles. The van der Waals surface area contributed by atoms with E-state index in [1.54, 1.807) is 30.5 Å². The molecular weight excluding hydrogens is 339 g/mol. The van der Waals surface area contributed by atoms with Gasteiger partial charge in [-0.2, -0.15) is 0 Å². The predicted molar refractivity (Wildman–Crippen MR) is 88.5 cm³/mol. The van der Waals surface area contributed by atoms with E-state index < -0.39 is 10.0 Å². The molecule has 0 atom stereocenters. The predicted octanol–water partition coefficient (Wildman–Crippen LogP) is 2.89. The third-order valence-corrected chi connectivity index (χ3v) is 5.95. The normalized spacial score (nSPS) is 11.4. The van der Waals surface area contributed by atoms with Crippen LogP contribution in [0.1, 0.15) is 18.4 Å². The molecule has 2 N–H and O–H groups in total. The van der Waals surface area contributed by atoms with Crippen molar-refractivity contribution in [2.24, 2.45) is 0 Å². The van der Waals surface area contributed by atoms with Crippen LogP contribution in [0.3, 0.4) is 0 Å². The fourth-order valence-electron chi connectivity index (χ4n) is 1.84. The van der Waals surface area contributed by atoms with Crippen LogP contribution in [0.25, 0.3) is 0 Å². The molecule has 124 valence electrons. The van der Waals surface area contributed by atoms with Gasteiger partial charge in [-0.3, -0.25) is 4.79 Å². The SMILES string of the molecule is Cc1ccc(NC(=O)CCCNS(=O)(=O)c2cccs2)cc1F. The van der Waals surface area contributed by atoms with Crippen LogP contribution in [-0.2, 0) is 14.8 Å². The topological polar surface area (TPSA) is 75.3 Å². The fraction of sp³-hybridized carbons (Fsp3) is 0.267. The molecule has 0 radical (unpaired) electrons. The molecule has 23 heavy (non-hydrogen) atoms. The van der Waals surface area contributed by atoms with E-state index in [2.05, 4.69) is 10.0 Å². The van der Waals surface area contributed by atoms with Gasteiger partial charge in [-0.15, -0.1) is 11.3 Å². The number of hydrogen-bond donors (Lipinski definition) is 2. The number of nitrogens with one attached hydrogen (secondary N) is 2. The van der Waals surface area contributed by atoms with Gasteiger partial charge in [-0.05, 0) is 42.5 Å². The van der Waals surface area contributed by atoms with Crippen molar-refractivity contribution in [3.63, 3.8) is 0 Å². The number of rotatable bonds is 7. The van der Waals surface area contributed by atoms with Crippen molar-refractivity contribution in [2.45, 2.75) is 24.0 Å². The standard InChI is InChI=1S/C15H17FN2O3S2/c1-11-6-7-12(10-13(11)16)18-14(19)4-2-8-17-23(20,21)15-5-3-9-22-15/h3,5-7,9-10,17H,2,4,8H2,1H3,(H,18,19). The number of anilines is 1. The van der Waals surface area contributed by atoms with Gasteiger partial charge in [0.1, 0.15) is 10.0 Å². The van der Waals surface area contributed by atoms with E-state index in [1.165, 1.54) is 12.1 Å². The lowest BCUT2D eigenvalue weighted by molar-refractivity contribution is -0.116. The maximum Gasteiger partial charge on any atom is 0.250 e. The first-order chi connectivity index (χ1) is 10.9. The summed E-state index contributed by atoms with van der Waals surface area (Å²) in [6.07, 6.45) is 0.493. The zero-order valence-corrected chi connectivity index (χ0v) is 14.1. The Bertz CT molecular complexity index is 774. The van der Waals surface area contributed by atoms with Gasteiger partial charge < -0.3 is 5.32 Å². The van der Waals surface area contributed by atoms with E-state index in [9.17, 15) is 17.6 Å². The van der Waals surface area contributed by atoms with Gasteiger partial charge >= 0.3 is 0 Å². The van der Waals surface area contributed by atoms with Crippen LogP contribution in [0.2, 0.25) is 0 Å². The number of halogens is 1. The lowest BCUT2D eigenvalue weighted by atomic mass is 10.2. The van der Waals surface area contributed by atoms with E-state index in [4.69, 9.17) is 0 Å². The molecule has 0 fully saturated rings. The minimum atomic E-state index is -3.50. The van der Waals surface area contributed by atoms with Crippen molar-refractivity contribution in [2.75, 3.05) is 11.9 Å². The second-order valence-electron chi connectivity index (χ2n) is 4.95. The Kier molecular flexibility index (Phi) is 5.86. The van der Waals surface area contributed by atoms with Crippen LogP contribution in [-0.4, -0.2) is 20.9 Å². The largest absolute Gasteiger partial charge is 0.326 e. The highest BCUT2D eigenvalue weighted by molar-refractivity contribution is 7.91. The van der Waals surface area contributed by atoms with Crippen LogP contribution in [0.5, 0.6) is 0 Å². The molecule has 0 aliphatic heterocycles. The Morgan fingerprint density at radius 1 is 1.30 bits per heavy atom. The van der Waals surface area contributed by atoms with Gasteiger partial charge in [0.2, 0.25) is 15.9 Å². The van der Waals surface area contributed by atoms with Crippen LogP contribution in [0.4, 0.5) is 10.1 Å². The number of carbonyl (C=O) groups is 1. The highest BCUT2D eigenvalue weighted by atomic mass is 32.2. The number of amides is 1. The number of hydrogen-bond acceptors (Lipinski definition) is 4. The van der Waals surface area contributed by atoms with Crippen molar-refractivity contribution in [1.82, 2.24) is 4.72 Å². The van der Waals surface area contributed by atoms with Gasteiger partial charge in [-0.25, -0.2) is 17.5 Å². The van der Waals surface area contributed by atoms with Crippen LogP contribution in [0, 0.1) is 12.7 Å². The summed E-state index contributed by atoms with van der Waals surface area (Å²) in [6.45, 7) is 1.80. The second-order valence-corrected chi connectivity index (χ2v) is 7.89. The summed E-state index contributed by atoms with van der Waals surface area (Å²) < 4.78 is 39.8. The molecule has 1 amide bonds. The molecule has 2 aromatic rings. The summed E-state index contributed by atoms with van der Waals surface area (Å²) in [7, 11) is -3.50. The van der Waals surface area contributed by atoms with E-state index in [-0.39, 0.29) is 28.9 Å². The molecule has 1 aromatic carbocycles. The van der Waals surface area contributed by atoms with Gasteiger partial charge in [0.05, 0.1) is 0 Å². The Labute approximate surface area is 138 Å². The van der Waals surface area contributed by atoms with Crippen molar-refractivity contribution >= 4 is 33.0 Å². The quantitative estimate of drug-likeness (QED) is 0.749. The summed E-state index contributed by atoms with van der Waals surface area (Å²) >= 11 is 1.13. The molecule has 1 aromatic heterocycles. The molecule has 0 spiro atoms. The molecule has 2 rings (SSSR count). The summed E-state index contributed by atoms with van der Waals surface area (Å²) in [4.78, 5) is 11.8. The Balaban J connectivity index is 1.76. The highest BCUT2D eigenvalue weighted by Crippen LogP contribution is 2.16. The van der Waals surface area contributed by atoms with Crippen LogP contribution < -0.4 is 10.0 Å². The van der Waals surface area contributed by atoms with Gasteiger partial charge in [0, 0.05) is 18.7 Å². The summed E-state index contributed by atoms with van der Waals surface area (Å²) in [5.41, 5.74) is 0.892. The van der Waals surface area contributed by atoms with Crippen molar-refractivity contribution < 1.29 is 17.6 Å². The van der Waals surface area contributed by atoms with Gasteiger partial charge in [0.15, 0.2) is 0 Å². The molecule has 0 saturated carbocycles. The number of benzene rings is 1. The number of aryl methyl sites for hydroxylation is 1. The van der Waals surface area contributed by atoms with Crippen LogP contribution >= 0.6 is 11.3 Å². The molecule has 0 aliphatic carbocycles. The van der Waals surface area contributed by atoms with Crippen LogP contribution in [0.15, 0.2) is 39.9 Å². The minimum absolute atomic E-state index is 0.141. The number of carbonyl (C=O) groups excluding carboxylic acids is 1. The molecule has 5 nitrogen and oxygen atoms in total. The molecule has 0 bridgehead atoms. The zero-order valence-electron chi connectivity index (χ0n) is 12.5. The monoisotopic (exact) mass is 356 g/mol. The third kappa shape index (κ3) is 5.12. The summed E-state index contributed by atoms with van der Waals surface area (Å²) in [5.74, 6) is -0.671. The second kappa shape index (κ2) is 7.67. The number of thiophene rings is 1. The first-order valence-corrected chi connectivity index (χ1v) is 9.34. The maximum absolute atomic E-state index is 13.4. The molecule has 0 saturated heterocycles. The Hall–Kier alpha value is -1.77. The maximum atomic E-state index is 13.4. The minimum Gasteiger partial charge on any atom is -0.326 e. The molecular formula is C15H17FN2O3S2. The Morgan fingerprint density at radius 2 is 2.09 bits per heavy atom. The van der Waals surface area contributed by atoms with Crippen molar-refractivity contribution in [3.05, 3.63) is 47.1 Å².